The highest BCUT2D eigenvalue weighted by Gasteiger charge is 2.26. The Balaban J connectivity index is 2.75. The molecule has 0 spiro atoms. The van der Waals surface area contributed by atoms with Gasteiger partial charge in [0.1, 0.15) is 11.6 Å². The first-order valence-electron chi connectivity index (χ1n) is 7.56. The smallest absolute Gasteiger partial charge is 0.265 e. The van der Waals surface area contributed by atoms with E-state index >= 15 is 0 Å². The molecule has 0 aromatic carbocycles. The number of piperidine rings is 1. The number of carbonyl (C=O) groups excluding carboxylic acids is 1. The summed E-state index contributed by atoms with van der Waals surface area (Å²) in [6.07, 6.45) is 3.23. The number of rotatable bonds is 7. The van der Waals surface area contributed by atoms with Crippen LogP contribution in [0.4, 0.5) is 0 Å². The van der Waals surface area contributed by atoms with Gasteiger partial charge in [0.25, 0.3) is 5.91 Å². The second-order valence-corrected chi connectivity index (χ2v) is 5.59. The second kappa shape index (κ2) is 9.41. The number of hydrogen-bond donors (Lipinski definition) is 2. The fourth-order valence-corrected chi connectivity index (χ4v) is 2.55. The van der Waals surface area contributed by atoms with Crippen molar-refractivity contribution in [2.45, 2.75) is 18.9 Å². The van der Waals surface area contributed by atoms with Crippen molar-refractivity contribution in [1.29, 1.82) is 5.26 Å². The molecule has 1 rings (SSSR count). The molecule has 0 aromatic rings. The molecular formula is C15H26N4O3. The summed E-state index contributed by atoms with van der Waals surface area (Å²) in [5, 5.41) is 27.2. The molecule has 0 unspecified atom stereocenters. The number of amides is 1. The molecule has 0 bridgehead atoms. The van der Waals surface area contributed by atoms with Crippen molar-refractivity contribution in [1.82, 2.24) is 14.7 Å². The van der Waals surface area contributed by atoms with Gasteiger partial charge < -0.3 is 24.9 Å². The highest BCUT2D eigenvalue weighted by Crippen LogP contribution is 2.16. The Morgan fingerprint density at radius 3 is 2.32 bits per heavy atom. The fourth-order valence-electron chi connectivity index (χ4n) is 2.55. The quantitative estimate of drug-likeness (QED) is 0.474. The zero-order valence-corrected chi connectivity index (χ0v) is 13.4. The molecule has 1 aliphatic heterocycles. The van der Waals surface area contributed by atoms with E-state index in [-0.39, 0.29) is 43.8 Å². The van der Waals surface area contributed by atoms with Crippen LogP contribution < -0.4 is 0 Å². The van der Waals surface area contributed by atoms with Crippen molar-refractivity contribution < 1.29 is 15.0 Å². The summed E-state index contributed by atoms with van der Waals surface area (Å²) in [6, 6.07) is 2.08. The van der Waals surface area contributed by atoms with E-state index in [1.807, 2.05) is 6.07 Å². The van der Waals surface area contributed by atoms with Crippen LogP contribution in [0.1, 0.15) is 12.8 Å². The van der Waals surface area contributed by atoms with Gasteiger partial charge in [0.05, 0.1) is 13.2 Å². The van der Waals surface area contributed by atoms with Gasteiger partial charge in [-0.2, -0.15) is 5.26 Å². The van der Waals surface area contributed by atoms with E-state index in [1.165, 1.54) is 6.20 Å². The van der Waals surface area contributed by atoms with Gasteiger partial charge in [0, 0.05) is 32.4 Å². The number of hydrogen-bond acceptors (Lipinski definition) is 6. The highest BCUT2D eigenvalue weighted by molar-refractivity contribution is 5.97. The zero-order chi connectivity index (χ0) is 16.5. The Bertz CT molecular complexity index is 419. The Kier molecular flexibility index (Phi) is 7.88. The van der Waals surface area contributed by atoms with Crippen LogP contribution in [0.15, 0.2) is 11.8 Å². The van der Waals surface area contributed by atoms with Crippen molar-refractivity contribution in [2.75, 3.05) is 53.5 Å². The van der Waals surface area contributed by atoms with E-state index in [9.17, 15) is 10.1 Å². The lowest BCUT2D eigenvalue weighted by atomic mass is 10.0. The normalized spacial score (nSPS) is 17.1. The summed E-state index contributed by atoms with van der Waals surface area (Å²) in [5.41, 5.74) is 0.0309. The average molecular weight is 310 g/mol. The first-order chi connectivity index (χ1) is 10.5. The maximum absolute atomic E-state index is 12.5. The van der Waals surface area contributed by atoms with Crippen LogP contribution in [0.2, 0.25) is 0 Å². The van der Waals surface area contributed by atoms with E-state index in [1.54, 1.807) is 16.8 Å². The highest BCUT2D eigenvalue weighted by atomic mass is 16.3. The fraction of sp³-hybridized carbons (Fsp3) is 0.733. The van der Waals surface area contributed by atoms with Gasteiger partial charge >= 0.3 is 0 Å². The minimum Gasteiger partial charge on any atom is -0.395 e. The number of aliphatic hydroxyl groups is 2. The zero-order valence-electron chi connectivity index (χ0n) is 13.4. The van der Waals surface area contributed by atoms with Crippen molar-refractivity contribution >= 4 is 5.91 Å². The molecule has 22 heavy (non-hydrogen) atoms. The SMILES string of the molecule is CN1CCC(N(C)C(=O)/C(C#N)=C\N(CCO)CCO)CC1. The molecule has 1 fully saturated rings. The van der Waals surface area contributed by atoms with Crippen LogP contribution in [0, 0.1) is 11.3 Å². The first-order valence-corrected chi connectivity index (χ1v) is 7.56. The van der Waals surface area contributed by atoms with Crippen LogP contribution in [0.5, 0.6) is 0 Å². The number of nitriles is 1. The van der Waals surface area contributed by atoms with Gasteiger partial charge in [-0.15, -0.1) is 0 Å². The lowest BCUT2D eigenvalue weighted by Crippen LogP contribution is -2.45. The summed E-state index contributed by atoms with van der Waals surface area (Å²) in [4.78, 5) is 17.9. The van der Waals surface area contributed by atoms with Gasteiger partial charge in [-0.3, -0.25) is 4.79 Å². The molecule has 2 N–H and O–H groups in total. The minimum absolute atomic E-state index is 0.0309. The summed E-state index contributed by atoms with van der Waals surface area (Å²) in [5.74, 6) is -0.307. The standard InChI is InChI=1S/C15H26N4O3/c1-17-5-3-14(4-6-17)18(2)15(22)13(11-16)12-19(7-9-20)8-10-21/h12,14,20-21H,3-10H2,1-2H3/b13-12-. The molecule has 0 aromatic heterocycles. The Morgan fingerprint density at radius 1 is 1.32 bits per heavy atom. The summed E-state index contributed by atoms with van der Waals surface area (Å²) >= 11 is 0. The molecule has 0 saturated carbocycles. The Labute approximate surface area is 132 Å². The van der Waals surface area contributed by atoms with Gasteiger partial charge in [-0.1, -0.05) is 0 Å². The number of likely N-dealkylation sites (N-methyl/N-ethyl adjacent to an activating group) is 1. The van der Waals surface area contributed by atoms with E-state index < -0.39 is 0 Å². The van der Waals surface area contributed by atoms with Crippen molar-refractivity contribution in [3.05, 3.63) is 11.8 Å². The number of likely N-dealkylation sites (tertiary alicyclic amines) is 1. The third-order valence-electron chi connectivity index (χ3n) is 3.99. The third kappa shape index (κ3) is 5.30. The molecule has 1 amide bonds. The van der Waals surface area contributed by atoms with Gasteiger partial charge in [-0.05, 0) is 33.0 Å². The summed E-state index contributed by atoms with van der Waals surface area (Å²) < 4.78 is 0. The van der Waals surface area contributed by atoms with Crippen LogP contribution in [0.25, 0.3) is 0 Å². The third-order valence-corrected chi connectivity index (χ3v) is 3.99. The van der Waals surface area contributed by atoms with E-state index in [4.69, 9.17) is 10.2 Å². The maximum Gasteiger partial charge on any atom is 0.265 e. The number of aliphatic hydroxyl groups excluding tert-OH is 2. The summed E-state index contributed by atoms with van der Waals surface area (Å²) in [7, 11) is 3.78. The predicted octanol–water partition coefficient (Wildman–Crippen LogP) is -0.767. The molecule has 1 saturated heterocycles. The second-order valence-electron chi connectivity index (χ2n) is 5.59. The molecule has 1 heterocycles. The number of carbonyl (C=O) groups is 1. The lowest BCUT2D eigenvalue weighted by molar-refractivity contribution is -0.128. The lowest BCUT2D eigenvalue weighted by Gasteiger charge is -2.35. The van der Waals surface area contributed by atoms with Crippen LogP contribution in [-0.4, -0.2) is 90.3 Å². The monoisotopic (exact) mass is 310 g/mol. The largest absolute Gasteiger partial charge is 0.395 e. The van der Waals surface area contributed by atoms with E-state index in [2.05, 4.69) is 11.9 Å². The van der Waals surface area contributed by atoms with Gasteiger partial charge in [0.15, 0.2) is 0 Å². The minimum atomic E-state index is -0.307. The van der Waals surface area contributed by atoms with Gasteiger partial charge in [0.2, 0.25) is 0 Å². The molecule has 0 radical (unpaired) electrons. The molecule has 0 atom stereocenters. The topological polar surface area (TPSA) is 91.0 Å². The van der Waals surface area contributed by atoms with E-state index in [0.717, 1.165) is 25.9 Å². The van der Waals surface area contributed by atoms with Crippen molar-refractivity contribution in [3.63, 3.8) is 0 Å². The first kappa shape index (κ1) is 18.4. The molecular weight excluding hydrogens is 284 g/mol. The molecule has 124 valence electrons. The molecule has 1 aliphatic rings. The van der Waals surface area contributed by atoms with Crippen LogP contribution in [-0.2, 0) is 4.79 Å². The molecule has 7 heteroatoms. The predicted molar refractivity (Wildman–Crippen MR) is 82.7 cm³/mol. The van der Waals surface area contributed by atoms with Crippen LogP contribution in [0.3, 0.4) is 0 Å². The Hall–Kier alpha value is -1.62. The average Bonchev–Trinajstić information content (AvgIpc) is 2.52. The van der Waals surface area contributed by atoms with E-state index in [0.29, 0.717) is 0 Å². The molecule has 7 nitrogen and oxygen atoms in total. The van der Waals surface area contributed by atoms with Crippen molar-refractivity contribution in [2.24, 2.45) is 0 Å². The van der Waals surface area contributed by atoms with Crippen molar-refractivity contribution in [3.8, 4) is 6.07 Å². The maximum atomic E-state index is 12.5. The number of nitrogens with zero attached hydrogens (tertiary/aromatic N) is 4. The molecule has 0 aliphatic carbocycles. The Morgan fingerprint density at radius 2 is 1.86 bits per heavy atom. The summed E-state index contributed by atoms with van der Waals surface area (Å²) in [6.45, 7) is 2.22. The van der Waals surface area contributed by atoms with Crippen LogP contribution >= 0.6 is 0 Å². The van der Waals surface area contributed by atoms with Gasteiger partial charge in [-0.25, -0.2) is 0 Å².